The molecule has 1 nitrogen and oxygen atoms in total. The van der Waals surface area contributed by atoms with Crippen LogP contribution in [0, 0.1) is 0 Å². The van der Waals surface area contributed by atoms with Crippen molar-refractivity contribution in [3.05, 3.63) is 70.2 Å². The molecule has 0 bridgehead atoms. The molecular formula is C17H14ClF6N. The van der Waals surface area contributed by atoms with Gasteiger partial charge in [0, 0.05) is 12.0 Å². The summed E-state index contributed by atoms with van der Waals surface area (Å²) in [6, 6.07) is 9.36. The molecule has 0 amide bonds. The van der Waals surface area contributed by atoms with Crippen molar-refractivity contribution in [3.8, 4) is 0 Å². The summed E-state index contributed by atoms with van der Waals surface area (Å²) in [5.74, 6) is -6.54. The van der Waals surface area contributed by atoms with Gasteiger partial charge in [0.15, 0.2) is 5.79 Å². The molecule has 8 heteroatoms. The zero-order chi connectivity index (χ0) is 18.9. The van der Waals surface area contributed by atoms with Gasteiger partial charge in [0.25, 0.3) is 5.92 Å². The molecule has 25 heavy (non-hydrogen) atoms. The summed E-state index contributed by atoms with van der Waals surface area (Å²) in [5, 5.41) is -0.745. The molecule has 1 atom stereocenters. The molecular weight excluding hydrogens is 368 g/mol. The molecule has 0 spiro atoms. The second-order valence-corrected chi connectivity index (χ2v) is 6.11. The van der Waals surface area contributed by atoms with E-state index in [1.165, 1.54) is 18.2 Å². The number of rotatable bonds is 5. The van der Waals surface area contributed by atoms with Gasteiger partial charge in [0.05, 0.1) is 17.0 Å². The van der Waals surface area contributed by atoms with Gasteiger partial charge in [-0.3, -0.25) is 5.73 Å². The highest BCUT2D eigenvalue weighted by molar-refractivity contribution is 6.32. The van der Waals surface area contributed by atoms with Crippen molar-refractivity contribution in [2.24, 2.45) is 5.73 Å². The van der Waals surface area contributed by atoms with Crippen LogP contribution in [0.15, 0.2) is 48.5 Å². The van der Waals surface area contributed by atoms with E-state index in [2.05, 4.69) is 0 Å². The maximum Gasteiger partial charge on any atom is 0.417 e. The van der Waals surface area contributed by atoms with E-state index in [9.17, 15) is 26.3 Å². The van der Waals surface area contributed by atoms with Crippen LogP contribution in [0.25, 0.3) is 0 Å². The van der Waals surface area contributed by atoms with Crippen LogP contribution < -0.4 is 5.73 Å². The Kier molecular flexibility index (Phi) is 5.39. The first-order chi connectivity index (χ1) is 11.4. The fraction of sp³-hybridized carbons (Fsp3) is 0.294. The lowest BCUT2D eigenvalue weighted by atomic mass is 9.94. The van der Waals surface area contributed by atoms with E-state index in [1.807, 2.05) is 0 Å². The number of hydrogen-bond donors (Lipinski definition) is 1. The van der Waals surface area contributed by atoms with E-state index in [4.69, 9.17) is 17.3 Å². The molecule has 0 aromatic heterocycles. The molecule has 2 N–H and O–H groups in total. The third kappa shape index (κ3) is 4.89. The maximum atomic E-state index is 14.5. The van der Waals surface area contributed by atoms with Crippen LogP contribution in [0.4, 0.5) is 26.3 Å². The van der Waals surface area contributed by atoms with Crippen molar-refractivity contribution < 1.29 is 26.3 Å². The number of halogens is 7. The van der Waals surface area contributed by atoms with Crippen LogP contribution >= 0.6 is 11.6 Å². The number of benzene rings is 2. The second kappa shape index (κ2) is 6.88. The zero-order valence-corrected chi connectivity index (χ0v) is 13.5. The molecule has 0 aliphatic rings. The van der Waals surface area contributed by atoms with Crippen LogP contribution in [0.2, 0.25) is 5.02 Å². The van der Waals surface area contributed by atoms with Crippen LogP contribution in [-0.2, 0) is 18.5 Å². The normalized spacial score (nSPS) is 15.0. The van der Waals surface area contributed by atoms with Gasteiger partial charge in [-0.15, -0.1) is 0 Å². The number of alkyl halides is 6. The Morgan fingerprint density at radius 2 is 1.44 bits per heavy atom. The Bertz CT molecular complexity index is 728. The topological polar surface area (TPSA) is 26.0 Å². The summed E-state index contributed by atoms with van der Waals surface area (Å²) in [7, 11) is 0. The van der Waals surface area contributed by atoms with Crippen molar-refractivity contribution in [3.63, 3.8) is 0 Å². The molecule has 0 saturated heterocycles. The average molecular weight is 382 g/mol. The lowest BCUT2D eigenvalue weighted by molar-refractivity contribution is -0.137. The van der Waals surface area contributed by atoms with Crippen molar-refractivity contribution in [2.75, 3.05) is 0 Å². The molecule has 0 saturated carbocycles. The zero-order valence-electron chi connectivity index (χ0n) is 12.8. The number of nitrogens with two attached hydrogens (primary N) is 1. The predicted octanol–water partition coefficient (Wildman–Crippen LogP) is 5.71. The van der Waals surface area contributed by atoms with Crippen LogP contribution in [0.1, 0.15) is 23.1 Å². The monoisotopic (exact) mass is 381 g/mol. The van der Waals surface area contributed by atoms with E-state index in [1.54, 1.807) is 0 Å². The fourth-order valence-electron chi connectivity index (χ4n) is 2.47. The van der Waals surface area contributed by atoms with E-state index in [0.29, 0.717) is 0 Å². The molecule has 0 fully saturated rings. The van der Waals surface area contributed by atoms with E-state index >= 15 is 0 Å². The summed E-state index contributed by atoms with van der Waals surface area (Å²) in [4.78, 5) is 0. The van der Waals surface area contributed by atoms with Gasteiger partial charge in [0.2, 0.25) is 0 Å². The molecule has 0 aliphatic carbocycles. The first-order valence-corrected chi connectivity index (χ1v) is 7.56. The quantitative estimate of drug-likeness (QED) is 0.521. The Balaban J connectivity index is 2.25. The first kappa shape index (κ1) is 19.6. The largest absolute Gasteiger partial charge is 0.417 e. The third-order valence-corrected chi connectivity index (χ3v) is 4.03. The lowest BCUT2D eigenvalue weighted by Gasteiger charge is -2.27. The van der Waals surface area contributed by atoms with E-state index in [0.717, 1.165) is 30.3 Å². The minimum absolute atomic E-state index is 0.287. The van der Waals surface area contributed by atoms with Crippen LogP contribution in [0.5, 0.6) is 0 Å². The van der Waals surface area contributed by atoms with Crippen molar-refractivity contribution in [1.29, 1.82) is 0 Å². The minimum Gasteiger partial charge on any atom is -0.299 e. The minimum atomic E-state index is -4.74. The third-order valence-electron chi connectivity index (χ3n) is 3.58. The molecule has 2 aromatic carbocycles. The standard InChI is InChI=1S/C17H14ClF6N/c18-14-11(5-4-8-13(14)17(22,23)24)9-15(19,25)10-16(20,21)12-6-2-1-3-7-12/h1-8H,9-10,25H2. The van der Waals surface area contributed by atoms with Gasteiger partial charge in [0.1, 0.15) is 0 Å². The van der Waals surface area contributed by atoms with Gasteiger partial charge in [-0.2, -0.15) is 13.2 Å². The SMILES string of the molecule is NC(F)(Cc1cccc(C(F)(F)F)c1Cl)CC(F)(F)c1ccccc1. The summed E-state index contributed by atoms with van der Waals surface area (Å²) in [5.41, 5.74) is 3.43. The van der Waals surface area contributed by atoms with Gasteiger partial charge < -0.3 is 0 Å². The van der Waals surface area contributed by atoms with Crippen LogP contribution in [0.3, 0.4) is 0 Å². The Morgan fingerprint density at radius 1 is 0.840 bits per heavy atom. The Morgan fingerprint density at radius 3 is 2.00 bits per heavy atom. The van der Waals surface area contributed by atoms with Gasteiger partial charge in [-0.05, 0) is 11.6 Å². The highest BCUT2D eigenvalue weighted by atomic mass is 35.5. The first-order valence-electron chi connectivity index (χ1n) is 7.18. The average Bonchev–Trinajstić information content (AvgIpc) is 2.48. The lowest BCUT2D eigenvalue weighted by Crippen LogP contribution is -2.42. The predicted molar refractivity (Wildman–Crippen MR) is 83.1 cm³/mol. The molecule has 2 aromatic rings. The Hall–Kier alpha value is -1.73. The fourth-order valence-corrected chi connectivity index (χ4v) is 2.77. The van der Waals surface area contributed by atoms with Crippen molar-refractivity contribution in [1.82, 2.24) is 0 Å². The highest BCUT2D eigenvalue weighted by Crippen LogP contribution is 2.40. The molecule has 2 rings (SSSR count). The van der Waals surface area contributed by atoms with Gasteiger partial charge in [-0.1, -0.05) is 54.1 Å². The number of hydrogen-bond acceptors (Lipinski definition) is 1. The molecule has 0 aliphatic heterocycles. The summed E-state index contributed by atoms with van der Waals surface area (Å²) in [6.45, 7) is 0. The molecule has 1 unspecified atom stereocenters. The maximum absolute atomic E-state index is 14.5. The Labute approximate surface area is 145 Å². The van der Waals surface area contributed by atoms with Gasteiger partial charge >= 0.3 is 6.18 Å². The summed E-state index contributed by atoms with van der Waals surface area (Å²) < 4.78 is 81.4. The molecule has 0 radical (unpaired) electrons. The highest BCUT2D eigenvalue weighted by Gasteiger charge is 2.42. The molecule has 136 valence electrons. The smallest absolute Gasteiger partial charge is 0.299 e. The summed E-state index contributed by atoms with van der Waals surface area (Å²) in [6.07, 6.45) is -7.01. The second-order valence-electron chi connectivity index (χ2n) is 5.74. The van der Waals surface area contributed by atoms with E-state index in [-0.39, 0.29) is 5.56 Å². The van der Waals surface area contributed by atoms with Crippen molar-refractivity contribution >= 4 is 11.6 Å². The van der Waals surface area contributed by atoms with Gasteiger partial charge in [-0.25, -0.2) is 13.2 Å². The van der Waals surface area contributed by atoms with Crippen molar-refractivity contribution in [2.45, 2.75) is 30.7 Å². The van der Waals surface area contributed by atoms with E-state index < -0.39 is 46.9 Å². The molecule has 0 heterocycles. The summed E-state index contributed by atoms with van der Waals surface area (Å²) >= 11 is 5.66. The van der Waals surface area contributed by atoms with Crippen LogP contribution in [-0.4, -0.2) is 5.79 Å².